The van der Waals surface area contributed by atoms with E-state index in [1.807, 2.05) is 28.6 Å². The first-order chi connectivity index (χ1) is 10.1. The first-order valence-corrected chi connectivity index (χ1v) is 9.82. The standard InChI is InChI=1S/C13H26N4O2S2/c1-15-4-5-16-12(18)13(19)17-9-2-3-10-11(21-20-10)7-8(14)6-9/h8-11,13,15,17,19H,2-7,14H2,1H3,(H,16,18)/t8?,9?,10?,11?,13-/m1/s1. The average Bonchev–Trinajstić information content (AvgIpc) is 2.42. The molecule has 1 heterocycles. The summed E-state index contributed by atoms with van der Waals surface area (Å²) in [6, 6.07) is 0.250. The Morgan fingerprint density at radius 3 is 2.71 bits per heavy atom. The minimum Gasteiger partial charge on any atom is -0.370 e. The van der Waals surface area contributed by atoms with E-state index in [9.17, 15) is 9.90 Å². The fourth-order valence-electron chi connectivity index (χ4n) is 2.74. The molecule has 0 bridgehead atoms. The third-order valence-electron chi connectivity index (χ3n) is 3.96. The van der Waals surface area contributed by atoms with Crippen molar-refractivity contribution in [2.24, 2.45) is 5.73 Å². The van der Waals surface area contributed by atoms with Crippen LogP contribution in [0.4, 0.5) is 0 Å². The molecule has 5 atom stereocenters. The van der Waals surface area contributed by atoms with Crippen molar-refractivity contribution in [1.29, 1.82) is 0 Å². The van der Waals surface area contributed by atoms with Gasteiger partial charge in [-0.25, -0.2) is 0 Å². The average molecular weight is 335 g/mol. The van der Waals surface area contributed by atoms with Crippen molar-refractivity contribution in [3.05, 3.63) is 0 Å². The lowest BCUT2D eigenvalue weighted by Gasteiger charge is -2.40. The van der Waals surface area contributed by atoms with Crippen LogP contribution < -0.4 is 21.7 Å². The summed E-state index contributed by atoms with van der Waals surface area (Å²) in [4.78, 5) is 11.8. The third kappa shape index (κ3) is 5.30. The topological polar surface area (TPSA) is 99.4 Å². The van der Waals surface area contributed by atoms with Crippen molar-refractivity contribution in [2.45, 2.75) is 54.5 Å². The Kier molecular flexibility index (Phi) is 7.11. The second kappa shape index (κ2) is 8.59. The number of aliphatic hydroxyl groups is 1. The van der Waals surface area contributed by atoms with Crippen molar-refractivity contribution in [1.82, 2.24) is 16.0 Å². The molecule has 0 aromatic carbocycles. The van der Waals surface area contributed by atoms with Crippen molar-refractivity contribution in [2.75, 3.05) is 20.1 Å². The molecular formula is C13H26N4O2S2. The molecule has 2 rings (SSSR count). The van der Waals surface area contributed by atoms with Crippen LogP contribution in [0.15, 0.2) is 0 Å². The molecule has 2 fully saturated rings. The van der Waals surface area contributed by atoms with Crippen LogP contribution >= 0.6 is 21.6 Å². The second-order valence-corrected chi connectivity index (χ2v) is 8.49. The Bertz CT molecular complexity index is 348. The van der Waals surface area contributed by atoms with Gasteiger partial charge < -0.3 is 21.5 Å². The number of hydrogen-bond acceptors (Lipinski definition) is 7. The van der Waals surface area contributed by atoms with Gasteiger partial charge in [0, 0.05) is 35.7 Å². The Morgan fingerprint density at radius 1 is 1.29 bits per heavy atom. The summed E-state index contributed by atoms with van der Waals surface area (Å²) in [5.41, 5.74) is 6.18. The van der Waals surface area contributed by atoms with Gasteiger partial charge in [-0.2, -0.15) is 0 Å². The molecule has 1 amide bonds. The number of aliphatic hydroxyl groups excluding tert-OH is 1. The molecule has 21 heavy (non-hydrogen) atoms. The Morgan fingerprint density at radius 2 is 2.05 bits per heavy atom. The van der Waals surface area contributed by atoms with E-state index in [0.29, 0.717) is 23.6 Å². The van der Waals surface area contributed by atoms with E-state index in [-0.39, 0.29) is 18.0 Å². The van der Waals surface area contributed by atoms with Crippen LogP contribution in [0.1, 0.15) is 25.7 Å². The summed E-state index contributed by atoms with van der Waals surface area (Å²) < 4.78 is 0. The predicted molar refractivity (Wildman–Crippen MR) is 89.1 cm³/mol. The number of carbonyl (C=O) groups excluding carboxylic acids is 1. The van der Waals surface area contributed by atoms with Gasteiger partial charge in [0.2, 0.25) is 0 Å². The number of carbonyl (C=O) groups is 1. The Hall–Kier alpha value is 0.01000. The van der Waals surface area contributed by atoms with Gasteiger partial charge in [0.1, 0.15) is 0 Å². The van der Waals surface area contributed by atoms with Gasteiger partial charge in [-0.15, -0.1) is 0 Å². The molecule has 6 nitrogen and oxygen atoms in total. The third-order valence-corrected chi connectivity index (χ3v) is 7.64. The van der Waals surface area contributed by atoms with Crippen LogP contribution in [0.25, 0.3) is 0 Å². The Balaban J connectivity index is 1.76. The normalized spacial score (nSPS) is 34.0. The monoisotopic (exact) mass is 334 g/mol. The summed E-state index contributed by atoms with van der Waals surface area (Å²) in [6.07, 6.45) is 2.78. The van der Waals surface area contributed by atoms with Crippen molar-refractivity contribution < 1.29 is 9.90 Å². The van der Waals surface area contributed by atoms with Crippen LogP contribution in [0.2, 0.25) is 0 Å². The molecule has 0 aromatic heterocycles. The number of amides is 1. The molecule has 4 unspecified atom stereocenters. The first kappa shape index (κ1) is 17.4. The van der Waals surface area contributed by atoms with Gasteiger partial charge in [-0.05, 0) is 32.7 Å². The van der Waals surface area contributed by atoms with Crippen LogP contribution in [0.3, 0.4) is 0 Å². The highest BCUT2D eigenvalue weighted by Crippen LogP contribution is 2.52. The number of rotatable bonds is 6. The van der Waals surface area contributed by atoms with Gasteiger partial charge in [0.05, 0.1) is 0 Å². The molecule has 1 saturated heterocycles. The molecule has 1 aliphatic carbocycles. The highest BCUT2D eigenvalue weighted by molar-refractivity contribution is 8.80. The van der Waals surface area contributed by atoms with E-state index in [0.717, 1.165) is 25.7 Å². The van der Waals surface area contributed by atoms with E-state index in [2.05, 4.69) is 16.0 Å². The van der Waals surface area contributed by atoms with Gasteiger partial charge in [0.25, 0.3) is 5.91 Å². The van der Waals surface area contributed by atoms with E-state index in [1.165, 1.54) is 0 Å². The van der Waals surface area contributed by atoms with E-state index in [4.69, 9.17) is 5.73 Å². The van der Waals surface area contributed by atoms with E-state index >= 15 is 0 Å². The summed E-state index contributed by atoms with van der Waals surface area (Å²) in [5.74, 6) is -0.368. The fraction of sp³-hybridized carbons (Fsp3) is 0.923. The van der Waals surface area contributed by atoms with Crippen LogP contribution in [0, 0.1) is 0 Å². The molecule has 1 aliphatic heterocycles. The SMILES string of the molecule is CNCCNC(=O)[C@@H](O)NC1CCC2SSC2CC(N)C1. The fourth-order valence-corrected chi connectivity index (χ4v) is 5.77. The van der Waals surface area contributed by atoms with E-state index in [1.54, 1.807) is 0 Å². The number of nitrogens with two attached hydrogens (primary N) is 1. The lowest BCUT2D eigenvalue weighted by molar-refractivity contribution is -0.131. The number of nitrogens with one attached hydrogen (secondary N) is 3. The minimum absolute atomic E-state index is 0.109. The smallest absolute Gasteiger partial charge is 0.264 e. The number of likely N-dealkylation sites (N-methyl/N-ethyl adjacent to an activating group) is 1. The molecule has 0 aromatic rings. The van der Waals surface area contributed by atoms with Crippen molar-refractivity contribution >= 4 is 27.5 Å². The minimum atomic E-state index is -1.15. The summed E-state index contributed by atoms with van der Waals surface area (Å²) >= 11 is 0. The van der Waals surface area contributed by atoms with Gasteiger partial charge in [-0.1, -0.05) is 21.6 Å². The molecule has 0 radical (unpaired) electrons. The predicted octanol–water partition coefficient (Wildman–Crippen LogP) is -0.368. The van der Waals surface area contributed by atoms with Gasteiger partial charge in [-0.3, -0.25) is 10.1 Å². The Labute approximate surface area is 134 Å². The number of fused-ring (bicyclic) bond motifs is 1. The summed E-state index contributed by atoms with van der Waals surface area (Å²) in [5, 5.41) is 20.0. The zero-order valence-corrected chi connectivity index (χ0v) is 14.0. The zero-order chi connectivity index (χ0) is 15.2. The van der Waals surface area contributed by atoms with Gasteiger partial charge in [0.15, 0.2) is 6.23 Å². The maximum atomic E-state index is 11.8. The first-order valence-electron chi connectivity index (χ1n) is 7.54. The molecule has 8 heteroatoms. The van der Waals surface area contributed by atoms with Crippen LogP contribution in [-0.4, -0.2) is 60.0 Å². The van der Waals surface area contributed by atoms with Crippen molar-refractivity contribution in [3.8, 4) is 0 Å². The molecule has 0 spiro atoms. The number of hydrogen-bond donors (Lipinski definition) is 5. The zero-order valence-electron chi connectivity index (χ0n) is 12.4. The van der Waals surface area contributed by atoms with E-state index < -0.39 is 6.23 Å². The highest BCUT2D eigenvalue weighted by atomic mass is 33.1. The largest absolute Gasteiger partial charge is 0.370 e. The van der Waals surface area contributed by atoms with Crippen LogP contribution in [0.5, 0.6) is 0 Å². The highest BCUT2D eigenvalue weighted by Gasteiger charge is 2.37. The lowest BCUT2D eigenvalue weighted by Crippen LogP contribution is -2.52. The quantitative estimate of drug-likeness (QED) is 0.257. The maximum absolute atomic E-state index is 11.8. The molecule has 1 saturated carbocycles. The molecular weight excluding hydrogens is 308 g/mol. The molecule has 2 aliphatic rings. The van der Waals surface area contributed by atoms with Gasteiger partial charge >= 0.3 is 0 Å². The summed E-state index contributed by atoms with van der Waals surface area (Å²) in [7, 11) is 5.70. The van der Waals surface area contributed by atoms with Crippen LogP contribution in [-0.2, 0) is 4.79 Å². The molecule has 122 valence electrons. The maximum Gasteiger partial charge on any atom is 0.264 e. The molecule has 6 N–H and O–H groups in total. The lowest BCUT2D eigenvalue weighted by atomic mass is 9.92. The second-order valence-electron chi connectivity index (χ2n) is 5.74. The van der Waals surface area contributed by atoms with Crippen molar-refractivity contribution in [3.63, 3.8) is 0 Å². The summed E-state index contributed by atoms with van der Waals surface area (Å²) in [6.45, 7) is 1.20.